The van der Waals surface area contributed by atoms with Crippen molar-refractivity contribution >= 4 is 36.9 Å². The molecular weight excluding hydrogens is 290 g/mol. The van der Waals surface area contributed by atoms with Gasteiger partial charge in [0, 0.05) is 12.4 Å². The first-order chi connectivity index (χ1) is 9.63. The molecule has 3 aromatic rings. The zero-order valence-electron chi connectivity index (χ0n) is 10.8. The summed E-state index contributed by atoms with van der Waals surface area (Å²) in [6, 6.07) is 16.3. The molecule has 3 rings (SSSR count). The molecule has 3 nitrogen and oxygen atoms in total. The summed E-state index contributed by atoms with van der Waals surface area (Å²) >= 11 is 1.24. The van der Waals surface area contributed by atoms with E-state index >= 15 is 0 Å². The lowest BCUT2D eigenvalue weighted by atomic mass is 10.1. The van der Waals surface area contributed by atoms with Crippen LogP contribution in [0.5, 0.6) is 0 Å². The van der Waals surface area contributed by atoms with Crippen molar-refractivity contribution in [3.8, 4) is 0 Å². The summed E-state index contributed by atoms with van der Waals surface area (Å²) in [7, 11) is -1.70. The van der Waals surface area contributed by atoms with Gasteiger partial charge in [0.25, 0.3) is 0 Å². The van der Waals surface area contributed by atoms with Crippen molar-refractivity contribution in [1.82, 2.24) is 0 Å². The lowest BCUT2D eigenvalue weighted by molar-refractivity contribution is 0.599. The number of rotatable bonds is 3. The standard InChI is InChI=1S/C15H13NO2S2/c1-16-14-9-10-15(19-14)20(17,18)13-8-4-6-11-5-2-3-7-12(11)13/h2-10,16H,1H3. The zero-order valence-corrected chi connectivity index (χ0v) is 12.5. The number of thiophene rings is 1. The van der Waals surface area contributed by atoms with Crippen LogP contribution in [-0.4, -0.2) is 15.5 Å². The van der Waals surface area contributed by atoms with E-state index in [1.165, 1.54) is 11.3 Å². The van der Waals surface area contributed by atoms with E-state index in [2.05, 4.69) is 5.32 Å². The fourth-order valence-electron chi connectivity index (χ4n) is 2.14. The quantitative estimate of drug-likeness (QED) is 0.801. The summed E-state index contributed by atoms with van der Waals surface area (Å²) in [5.41, 5.74) is 0. The average molecular weight is 303 g/mol. The second-order valence-electron chi connectivity index (χ2n) is 4.35. The Hall–Kier alpha value is -1.85. The molecule has 0 aliphatic carbocycles. The number of hydrogen-bond acceptors (Lipinski definition) is 4. The fraction of sp³-hybridized carbons (Fsp3) is 0.0667. The van der Waals surface area contributed by atoms with Crippen LogP contribution in [0.25, 0.3) is 10.8 Å². The van der Waals surface area contributed by atoms with Crippen LogP contribution in [0.1, 0.15) is 0 Å². The SMILES string of the molecule is CNc1ccc(S(=O)(=O)c2cccc3ccccc23)s1. The molecular formula is C15H13NO2S2. The predicted molar refractivity (Wildman–Crippen MR) is 83.3 cm³/mol. The average Bonchev–Trinajstić information content (AvgIpc) is 2.96. The topological polar surface area (TPSA) is 46.2 Å². The maximum absolute atomic E-state index is 12.8. The Morgan fingerprint density at radius 2 is 1.70 bits per heavy atom. The molecule has 0 aliphatic rings. The second-order valence-corrected chi connectivity index (χ2v) is 7.58. The number of hydrogen-bond donors (Lipinski definition) is 1. The number of fused-ring (bicyclic) bond motifs is 1. The first-order valence-electron chi connectivity index (χ1n) is 6.13. The van der Waals surface area contributed by atoms with Crippen LogP contribution in [0, 0.1) is 0 Å². The summed E-state index contributed by atoms with van der Waals surface area (Å²) in [6.45, 7) is 0. The van der Waals surface area contributed by atoms with Gasteiger partial charge in [0.1, 0.15) is 4.21 Å². The van der Waals surface area contributed by atoms with E-state index in [1.54, 1.807) is 31.3 Å². The van der Waals surface area contributed by atoms with Crippen molar-refractivity contribution in [1.29, 1.82) is 0 Å². The molecule has 0 atom stereocenters. The van der Waals surface area contributed by atoms with E-state index in [1.807, 2.05) is 30.3 Å². The van der Waals surface area contributed by atoms with Crippen molar-refractivity contribution in [2.75, 3.05) is 12.4 Å². The molecule has 2 aromatic carbocycles. The zero-order chi connectivity index (χ0) is 14.2. The molecule has 0 aliphatic heterocycles. The predicted octanol–water partition coefficient (Wildman–Crippen LogP) is 3.78. The molecule has 0 radical (unpaired) electrons. The first kappa shape index (κ1) is 13.1. The lowest BCUT2D eigenvalue weighted by Crippen LogP contribution is -2.00. The molecule has 0 bridgehead atoms. The Bertz CT molecular complexity index is 861. The molecule has 20 heavy (non-hydrogen) atoms. The summed E-state index contributed by atoms with van der Waals surface area (Å²) in [5.74, 6) is 0. The third kappa shape index (κ3) is 2.09. The molecule has 0 saturated carbocycles. The van der Waals surface area contributed by atoms with E-state index in [-0.39, 0.29) is 0 Å². The van der Waals surface area contributed by atoms with Gasteiger partial charge in [-0.3, -0.25) is 0 Å². The van der Waals surface area contributed by atoms with Crippen LogP contribution in [0.2, 0.25) is 0 Å². The van der Waals surface area contributed by atoms with Crippen LogP contribution >= 0.6 is 11.3 Å². The molecule has 1 N–H and O–H groups in total. The van der Waals surface area contributed by atoms with Crippen molar-refractivity contribution in [3.63, 3.8) is 0 Å². The van der Waals surface area contributed by atoms with E-state index in [0.717, 1.165) is 15.8 Å². The molecule has 5 heteroatoms. The molecule has 0 spiro atoms. The maximum Gasteiger partial charge on any atom is 0.216 e. The van der Waals surface area contributed by atoms with Gasteiger partial charge >= 0.3 is 0 Å². The summed E-state index contributed by atoms with van der Waals surface area (Å²) in [5, 5.41) is 5.49. The third-order valence-corrected chi connectivity index (χ3v) is 6.54. The highest BCUT2D eigenvalue weighted by molar-refractivity contribution is 7.93. The minimum absolute atomic E-state index is 0.359. The second kappa shape index (κ2) is 4.92. The molecule has 102 valence electrons. The molecule has 0 fully saturated rings. The summed E-state index contributed by atoms with van der Waals surface area (Å²) in [6.07, 6.45) is 0. The lowest BCUT2D eigenvalue weighted by Gasteiger charge is -2.06. The van der Waals surface area contributed by atoms with Crippen LogP contribution < -0.4 is 5.32 Å². The third-order valence-electron chi connectivity index (χ3n) is 3.13. The normalized spacial score (nSPS) is 11.7. The summed E-state index contributed by atoms with van der Waals surface area (Å²) in [4.78, 5) is 0.361. The van der Waals surface area contributed by atoms with E-state index in [9.17, 15) is 8.42 Å². The Kier molecular flexibility index (Phi) is 3.23. The van der Waals surface area contributed by atoms with Crippen LogP contribution in [0.15, 0.2) is 63.7 Å². The highest BCUT2D eigenvalue weighted by atomic mass is 32.2. The van der Waals surface area contributed by atoms with Gasteiger partial charge in [0.15, 0.2) is 0 Å². The van der Waals surface area contributed by atoms with Crippen LogP contribution in [0.4, 0.5) is 5.00 Å². The van der Waals surface area contributed by atoms with Gasteiger partial charge in [0.2, 0.25) is 9.84 Å². The Balaban J connectivity index is 2.24. The van der Waals surface area contributed by atoms with Crippen molar-refractivity contribution in [2.45, 2.75) is 9.10 Å². The van der Waals surface area contributed by atoms with Crippen molar-refractivity contribution in [3.05, 3.63) is 54.6 Å². The highest BCUT2D eigenvalue weighted by Crippen LogP contribution is 2.33. The van der Waals surface area contributed by atoms with Gasteiger partial charge in [-0.15, -0.1) is 11.3 Å². The van der Waals surface area contributed by atoms with Gasteiger partial charge in [-0.1, -0.05) is 36.4 Å². The first-order valence-corrected chi connectivity index (χ1v) is 8.43. The van der Waals surface area contributed by atoms with Crippen molar-refractivity contribution < 1.29 is 8.42 Å². The minimum atomic E-state index is -3.48. The molecule has 0 saturated heterocycles. The molecule has 0 unspecified atom stereocenters. The Morgan fingerprint density at radius 3 is 2.45 bits per heavy atom. The molecule has 1 heterocycles. The molecule has 1 aromatic heterocycles. The maximum atomic E-state index is 12.8. The molecule has 0 amide bonds. The monoisotopic (exact) mass is 303 g/mol. The number of nitrogens with one attached hydrogen (secondary N) is 1. The Labute approximate surface area is 121 Å². The highest BCUT2D eigenvalue weighted by Gasteiger charge is 2.21. The number of anilines is 1. The number of benzene rings is 2. The van der Waals surface area contributed by atoms with E-state index in [4.69, 9.17) is 0 Å². The van der Waals surface area contributed by atoms with Crippen LogP contribution in [0.3, 0.4) is 0 Å². The van der Waals surface area contributed by atoms with Gasteiger partial charge in [-0.25, -0.2) is 8.42 Å². The van der Waals surface area contributed by atoms with Gasteiger partial charge in [-0.2, -0.15) is 0 Å². The van der Waals surface area contributed by atoms with Crippen molar-refractivity contribution in [2.24, 2.45) is 0 Å². The minimum Gasteiger partial charge on any atom is -0.380 e. The smallest absolute Gasteiger partial charge is 0.216 e. The fourth-order valence-corrected chi connectivity index (χ4v) is 4.90. The van der Waals surface area contributed by atoms with Gasteiger partial charge < -0.3 is 5.32 Å². The largest absolute Gasteiger partial charge is 0.380 e. The summed E-state index contributed by atoms with van der Waals surface area (Å²) < 4.78 is 25.9. The number of sulfone groups is 1. The van der Waals surface area contributed by atoms with Gasteiger partial charge in [-0.05, 0) is 23.6 Å². The van der Waals surface area contributed by atoms with E-state index in [0.29, 0.717) is 9.10 Å². The van der Waals surface area contributed by atoms with Gasteiger partial charge in [0.05, 0.1) is 9.90 Å². The van der Waals surface area contributed by atoms with Crippen LogP contribution in [-0.2, 0) is 9.84 Å². The Morgan fingerprint density at radius 1 is 0.950 bits per heavy atom. The van der Waals surface area contributed by atoms with E-state index < -0.39 is 9.84 Å².